The highest BCUT2D eigenvalue weighted by Gasteiger charge is 2.23. The molecule has 0 fully saturated rings. The van der Waals surface area contributed by atoms with Gasteiger partial charge in [0.15, 0.2) is 5.69 Å². The van der Waals surface area contributed by atoms with Crippen LogP contribution in [-0.2, 0) is 13.6 Å². The fourth-order valence-electron chi connectivity index (χ4n) is 2.13. The monoisotopic (exact) mass is 306 g/mol. The minimum Gasteiger partial charge on any atom is -0.396 e. The number of aryl methyl sites for hydroxylation is 1. The van der Waals surface area contributed by atoms with E-state index >= 15 is 0 Å². The van der Waals surface area contributed by atoms with Crippen LogP contribution in [0, 0.1) is 0 Å². The Morgan fingerprint density at radius 1 is 1.48 bits per heavy atom. The van der Waals surface area contributed by atoms with E-state index in [1.807, 2.05) is 38.1 Å². The summed E-state index contributed by atoms with van der Waals surface area (Å²) in [5, 5.41) is 4.80. The number of nitrogen functional groups attached to an aromatic ring is 1. The average Bonchev–Trinajstić information content (AvgIpc) is 2.74. The fourth-order valence-corrected chi connectivity index (χ4v) is 2.34. The quantitative estimate of drug-likeness (QED) is 0.944. The largest absolute Gasteiger partial charge is 0.396 e. The molecule has 1 aromatic heterocycles. The molecule has 0 bridgehead atoms. The summed E-state index contributed by atoms with van der Waals surface area (Å²) in [6.07, 6.45) is 1.63. The summed E-state index contributed by atoms with van der Waals surface area (Å²) in [6, 6.07) is 7.50. The van der Waals surface area contributed by atoms with Crippen molar-refractivity contribution in [3.8, 4) is 0 Å². The molecule has 5 nitrogen and oxygen atoms in total. The molecule has 0 aliphatic heterocycles. The molecular weight excluding hydrogens is 288 g/mol. The summed E-state index contributed by atoms with van der Waals surface area (Å²) >= 11 is 5.99. The Kier molecular flexibility index (Phi) is 4.53. The average molecular weight is 307 g/mol. The minimum atomic E-state index is -0.178. The van der Waals surface area contributed by atoms with Crippen LogP contribution >= 0.6 is 11.6 Å². The molecular formula is C15H19ClN4O. The van der Waals surface area contributed by atoms with E-state index in [9.17, 15) is 4.79 Å². The van der Waals surface area contributed by atoms with E-state index in [-0.39, 0.29) is 17.6 Å². The van der Waals surface area contributed by atoms with Crippen LogP contribution in [0.15, 0.2) is 30.5 Å². The maximum atomic E-state index is 12.6. The number of carbonyl (C=O) groups excluding carboxylic acids is 1. The Hall–Kier alpha value is -2.01. The number of rotatable bonds is 4. The van der Waals surface area contributed by atoms with E-state index in [0.717, 1.165) is 5.56 Å². The lowest BCUT2D eigenvalue weighted by atomic mass is 10.1. The van der Waals surface area contributed by atoms with Gasteiger partial charge in [0.1, 0.15) is 0 Å². The van der Waals surface area contributed by atoms with Crippen LogP contribution in [0.5, 0.6) is 0 Å². The molecule has 112 valence electrons. The third-order valence-electron chi connectivity index (χ3n) is 3.19. The number of anilines is 1. The van der Waals surface area contributed by atoms with E-state index in [4.69, 9.17) is 17.3 Å². The maximum Gasteiger partial charge on any atom is 0.277 e. The summed E-state index contributed by atoms with van der Waals surface area (Å²) in [7, 11) is 1.74. The van der Waals surface area contributed by atoms with Crippen molar-refractivity contribution in [3.63, 3.8) is 0 Å². The summed E-state index contributed by atoms with van der Waals surface area (Å²) in [4.78, 5) is 14.4. The van der Waals surface area contributed by atoms with Crippen molar-refractivity contribution >= 4 is 23.2 Å². The van der Waals surface area contributed by atoms with E-state index in [1.54, 1.807) is 22.8 Å². The van der Waals surface area contributed by atoms with Gasteiger partial charge in [0, 0.05) is 30.9 Å². The van der Waals surface area contributed by atoms with Gasteiger partial charge in [0.05, 0.1) is 5.69 Å². The predicted molar refractivity (Wildman–Crippen MR) is 84.1 cm³/mol. The standard InChI is InChI=1S/C15H19ClN4O/c1-10(2)20(8-11-5-4-6-12(16)7-11)15(21)14-13(17)9-19(3)18-14/h4-7,9-10H,8,17H2,1-3H3. The first kappa shape index (κ1) is 15.4. The highest BCUT2D eigenvalue weighted by Crippen LogP contribution is 2.18. The molecule has 0 aliphatic rings. The zero-order chi connectivity index (χ0) is 15.6. The number of halogens is 1. The van der Waals surface area contributed by atoms with Crippen molar-refractivity contribution in [2.75, 3.05) is 5.73 Å². The van der Waals surface area contributed by atoms with Gasteiger partial charge in [-0.05, 0) is 31.5 Å². The Morgan fingerprint density at radius 3 is 2.71 bits per heavy atom. The molecule has 2 aromatic rings. The number of hydrogen-bond acceptors (Lipinski definition) is 3. The minimum absolute atomic E-state index is 0.0258. The lowest BCUT2D eigenvalue weighted by molar-refractivity contribution is 0.0684. The normalized spacial score (nSPS) is 10.9. The van der Waals surface area contributed by atoms with Gasteiger partial charge in [-0.3, -0.25) is 9.48 Å². The number of nitrogens with two attached hydrogens (primary N) is 1. The Labute approximate surface area is 129 Å². The lowest BCUT2D eigenvalue weighted by Gasteiger charge is -2.26. The van der Waals surface area contributed by atoms with Gasteiger partial charge in [-0.1, -0.05) is 23.7 Å². The van der Waals surface area contributed by atoms with E-state index in [1.165, 1.54) is 0 Å². The third-order valence-corrected chi connectivity index (χ3v) is 3.42. The molecule has 2 rings (SSSR count). The van der Waals surface area contributed by atoms with Gasteiger partial charge in [-0.25, -0.2) is 0 Å². The number of benzene rings is 1. The Balaban J connectivity index is 2.27. The van der Waals surface area contributed by atoms with Gasteiger partial charge < -0.3 is 10.6 Å². The summed E-state index contributed by atoms with van der Waals surface area (Å²) in [6.45, 7) is 4.39. The Bertz CT molecular complexity index is 651. The molecule has 1 aromatic carbocycles. The van der Waals surface area contributed by atoms with E-state index in [0.29, 0.717) is 17.3 Å². The summed E-state index contributed by atoms with van der Waals surface area (Å²) in [5.41, 5.74) is 7.49. The number of carbonyl (C=O) groups is 1. The van der Waals surface area contributed by atoms with Crippen molar-refractivity contribution in [2.24, 2.45) is 7.05 Å². The molecule has 0 aliphatic carbocycles. The molecule has 6 heteroatoms. The maximum absolute atomic E-state index is 12.6. The molecule has 0 unspecified atom stereocenters. The zero-order valence-electron chi connectivity index (χ0n) is 12.4. The molecule has 21 heavy (non-hydrogen) atoms. The molecule has 0 spiro atoms. The summed E-state index contributed by atoms with van der Waals surface area (Å²) in [5.74, 6) is -0.178. The first-order valence-electron chi connectivity index (χ1n) is 6.73. The summed E-state index contributed by atoms with van der Waals surface area (Å²) < 4.78 is 1.54. The molecule has 0 radical (unpaired) electrons. The SMILES string of the molecule is CC(C)N(Cc1cccc(Cl)c1)C(=O)c1nn(C)cc1N. The van der Waals surface area contributed by atoms with Gasteiger partial charge in [-0.15, -0.1) is 0 Å². The van der Waals surface area contributed by atoms with Crippen LogP contribution in [0.4, 0.5) is 5.69 Å². The topological polar surface area (TPSA) is 64.2 Å². The molecule has 0 saturated carbocycles. The van der Waals surface area contributed by atoms with Crippen LogP contribution in [0.1, 0.15) is 29.9 Å². The zero-order valence-corrected chi connectivity index (χ0v) is 13.1. The molecule has 0 saturated heterocycles. The fraction of sp³-hybridized carbons (Fsp3) is 0.333. The smallest absolute Gasteiger partial charge is 0.277 e. The van der Waals surface area contributed by atoms with E-state index < -0.39 is 0 Å². The number of aromatic nitrogens is 2. The van der Waals surface area contributed by atoms with Crippen molar-refractivity contribution < 1.29 is 4.79 Å². The number of nitrogens with zero attached hydrogens (tertiary/aromatic N) is 3. The van der Waals surface area contributed by atoms with Gasteiger partial charge in [0.25, 0.3) is 5.91 Å². The van der Waals surface area contributed by atoms with Crippen molar-refractivity contribution in [1.29, 1.82) is 0 Å². The highest BCUT2D eigenvalue weighted by molar-refractivity contribution is 6.30. The van der Waals surface area contributed by atoms with Crippen molar-refractivity contribution in [3.05, 3.63) is 46.7 Å². The van der Waals surface area contributed by atoms with Crippen LogP contribution in [-0.4, -0.2) is 26.6 Å². The van der Waals surface area contributed by atoms with Crippen molar-refractivity contribution in [2.45, 2.75) is 26.4 Å². The lowest BCUT2D eigenvalue weighted by Crippen LogP contribution is -2.37. The van der Waals surface area contributed by atoms with Gasteiger partial charge >= 0.3 is 0 Å². The second-order valence-corrected chi connectivity index (χ2v) is 5.70. The predicted octanol–water partition coefficient (Wildman–Crippen LogP) is 2.71. The van der Waals surface area contributed by atoms with Crippen LogP contribution < -0.4 is 5.73 Å². The molecule has 2 N–H and O–H groups in total. The van der Waals surface area contributed by atoms with Crippen LogP contribution in [0.2, 0.25) is 5.02 Å². The molecule has 1 amide bonds. The number of hydrogen-bond donors (Lipinski definition) is 1. The second kappa shape index (κ2) is 6.18. The Morgan fingerprint density at radius 2 is 2.19 bits per heavy atom. The van der Waals surface area contributed by atoms with Crippen LogP contribution in [0.25, 0.3) is 0 Å². The van der Waals surface area contributed by atoms with Gasteiger partial charge in [0.2, 0.25) is 0 Å². The molecule has 1 heterocycles. The van der Waals surface area contributed by atoms with Crippen LogP contribution in [0.3, 0.4) is 0 Å². The molecule has 0 atom stereocenters. The van der Waals surface area contributed by atoms with Gasteiger partial charge in [-0.2, -0.15) is 5.10 Å². The van der Waals surface area contributed by atoms with E-state index in [2.05, 4.69) is 5.10 Å². The first-order chi connectivity index (χ1) is 9.88. The second-order valence-electron chi connectivity index (χ2n) is 5.26. The number of amides is 1. The third kappa shape index (κ3) is 3.55. The first-order valence-corrected chi connectivity index (χ1v) is 7.11. The van der Waals surface area contributed by atoms with Crippen molar-refractivity contribution in [1.82, 2.24) is 14.7 Å². The highest BCUT2D eigenvalue weighted by atomic mass is 35.5.